The Morgan fingerprint density at radius 2 is 1.74 bits per heavy atom. The van der Waals surface area contributed by atoms with Crippen molar-refractivity contribution in [2.45, 2.75) is 39.3 Å². The largest absolute Gasteiger partial charge is 0.347 e. The van der Waals surface area contributed by atoms with Crippen LogP contribution < -0.4 is 16.0 Å². The number of benzene rings is 3. The van der Waals surface area contributed by atoms with Crippen molar-refractivity contribution < 1.29 is 28.0 Å². The molecule has 3 aromatic carbocycles. The summed E-state index contributed by atoms with van der Waals surface area (Å²) >= 11 is 6.22. The Kier molecular flexibility index (Phi) is 8.52. The second-order valence-corrected chi connectivity index (χ2v) is 11.5. The summed E-state index contributed by atoms with van der Waals surface area (Å²) in [7, 11) is 0. The molecule has 0 spiro atoms. The van der Waals surface area contributed by atoms with Crippen LogP contribution in [0.1, 0.15) is 83.3 Å². The van der Waals surface area contributed by atoms with Crippen LogP contribution in [0.15, 0.2) is 66.9 Å². The van der Waals surface area contributed by atoms with Crippen molar-refractivity contribution in [1.82, 2.24) is 25.2 Å². The van der Waals surface area contributed by atoms with Crippen LogP contribution in [0.25, 0.3) is 5.65 Å². The number of anilines is 1. The number of nitrogens with zero attached hydrogens (tertiary/aromatic N) is 3. The number of hydrogen-bond acceptors (Lipinski definition) is 6. The number of fused-ring (bicyclic) bond motifs is 2. The van der Waals surface area contributed by atoms with E-state index in [0.717, 1.165) is 28.8 Å². The third-order valence-corrected chi connectivity index (χ3v) is 8.45. The molecule has 1 aliphatic carbocycles. The number of ketones is 1. The van der Waals surface area contributed by atoms with Crippen molar-refractivity contribution in [3.8, 4) is 0 Å². The highest BCUT2D eigenvalue weighted by Gasteiger charge is 2.29. The van der Waals surface area contributed by atoms with Gasteiger partial charge in [-0.05, 0) is 73.2 Å². The van der Waals surface area contributed by atoms with E-state index in [1.807, 2.05) is 13.0 Å². The molecular formula is C34H27ClF2N6O4. The lowest BCUT2D eigenvalue weighted by Gasteiger charge is -2.16. The zero-order valence-electron chi connectivity index (χ0n) is 25.2. The van der Waals surface area contributed by atoms with E-state index < -0.39 is 29.4 Å². The number of rotatable bonds is 8. The van der Waals surface area contributed by atoms with Gasteiger partial charge in [0, 0.05) is 18.2 Å². The van der Waals surface area contributed by atoms with E-state index >= 15 is 0 Å². The first-order valence-corrected chi connectivity index (χ1v) is 15.0. The summed E-state index contributed by atoms with van der Waals surface area (Å²) in [6.45, 7) is 3.23. The lowest BCUT2D eigenvalue weighted by atomic mass is 9.96. The maximum absolute atomic E-state index is 13.8. The Balaban J connectivity index is 1.34. The highest BCUT2D eigenvalue weighted by Crippen LogP contribution is 2.35. The van der Waals surface area contributed by atoms with Crippen LogP contribution in [0.2, 0.25) is 5.02 Å². The Bertz CT molecular complexity index is 2110. The summed E-state index contributed by atoms with van der Waals surface area (Å²) in [6.07, 6.45) is 2.47. The molecule has 0 fully saturated rings. The predicted molar refractivity (Wildman–Crippen MR) is 170 cm³/mol. The van der Waals surface area contributed by atoms with Crippen LogP contribution in [-0.2, 0) is 13.0 Å². The molecule has 6 rings (SSSR count). The smallest absolute Gasteiger partial charge is 0.270 e. The van der Waals surface area contributed by atoms with E-state index in [0.29, 0.717) is 34.7 Å². The fourth-order valence-electron chi connectivity index (χ4n) is 5.72. The van der Waals surface area contributed by atoms with Gasteiger partial charge in [0.15, 0.2) is 23.1 Å². The second kappa shape index (κ2) is 12.7. The molecule has 2 heterocycles. The first-order valence-electron chi connectivity index (χ1n) is 14.6. The lowest BCUT2D eigenvalue weighted by molar-refractivity contribution is 0.0926. The van der Waals surface area contributed by atoms with Gasteiger partial charge in [-0.15, -0.1) is 0 Å². The zero-order valence-corrected chi connectivity index (χ0v) is 25.9. The van der Waals surface area contributed by atoms with Crippen molar-refractivity contribution >= 4 is 46.4 Å². The average Bonchev–Trinajstić information content (AvgIpc) is 3.67. The van der Waals surface area contributed by atoms with E-state index in [2.05, 4.69) is 26.0 Å². The molecule has 1 unspecified atom stereocenters. The molecular weight excluding hydrogens is 630 g/mol. The van der Waals surface area contributed by atoms with Crippen LogP contribution in [0.4, 0.5) is 14.5 Å². The zero-order chi connectivity index (χ0) is 33.4. The molecule has 0 radical (unpaired) electrons. The molecule has 2 aromatic heterocycles. The van der Waals surface area contributed by atoms with Gasteiger partial charge in [0.2, 0.25) is 0 Å². The highest BCUT2D eigenvalue weighted by atomic mass is 35.5. The summed E-state index contributed by atoms with van der Waals surface area (Å²) in [4.78, 5) is 56.9. The summed E-state index contributed by atoms with van der Waals surface area (Å²) in [6, 6.07) is 14.3. The minimum absolute atomic E-state index is 0.0344. The summed E-state index contributed by atoms with van der Waals surface area (Å²) < 4.78 is 28.3. The minimum Gasteiger partial charge on any atom is -0.347 e. The Labute approximate surface area is 272 Å². The van der Waals surface area contributed by atoms with E-state index in [-0.39, 0.29) is 41.0 Å². The van der Waals surface area contributed by atoms with Crippen molar-refractivity contribution in [1.29, 1.82) is 0 Å². The first kappa shape index (κ1) is 31.5. The topological polar surface area (TPSA) is 135 Å². The molecule has 238 valence electrons. The highest BCUT2D eigenvalue weighted by molar-refractivity contribution is 6.34. The Hall–Kier alpha value is -5.49. The predicted octanol–water partition coefficient (Wildman–Crippen LogP) is 5.77. The summed E-state index contributed by atoms with van der Waals surface area (Å²) in [5.74, 6) is -4.08. The Morgan fingerprint density at radius 1 is 0.957 bits per heavy atom. The van der Waals surface area contributed by atoms with Gasteiger partial charge in [0.1, 0.15) is 17.0 Å². The molecule has 0 saturated heterocycles. The molecule has 47 heavy (non-hydrogen) atoms. The molecule has 5 aromatic rings. The van der Waals surface area contributed by atoms with E-state index in [4.69, 9.17) is 11.6 Å². The average molecular weight is 657 g/mol. The molecule has 0 saturated carbocycles. The first-order chi connectivity index (χ1) is 22.5. The maximum atomic E-state index is 13.8. The third kappa shape index (κ3) is 6.19. The number of Topliss-reactive ketones (excluding diaryl/α,β-unsaturated/α-hetero) is 1. The monoisotopic (exact) mass is 656 g/mol. The van der Waals surface area contributed by atoms with Gasteiger partial charge in [-0.25, -0.2) is 18.3 Å². The van der Waals surface area contributed by atoms with Gasteiger partial charge in [0.05, 0.1) is 22.9 Å². The molecule has 1 aliphatic rings. The maximum Gasteiger partial charge on any atom is 0.270 e. The molecule has 0 bridgehead atoms. The number of hydrogen-bond donors (Lipinski definition) is 3. The quantitative estimate of drug-likeness (QED) is 0.182. The third-order valence-electron chi connectivity index (χ3n) is 8.12. The van der Waals surface area contributed by atoms with Crippen molar-refractivity contribution in [3.63, 3.8) is 0 Å². The standard InChI is InChI=1S/C34H27ClF2N6O4/c1-17-20(18(2)44)8-9-22-21(17)10-12-27(22)41-34(47)30-14-29(33(46)38-15-19-7-11-25(36)26(37)13-19)40-31-23(16-39-43(30)31)32(45)42-28-6-4-3-5-24(28)35/h3-9,11,13-14,16,27H,10,12,15H2,1-2H3,(H,38,46)(H,41,47)(H,42,45). The van der Waals surface area contributed by atoms with Crippen molar-refractivity contribution in [2.24, 2.45) is 0 Å². The van der Waals surface area contributed by atoms with Crippen LogP contribution in [0.5, 0.6) is 0 Å². The van der Waals surface area contributed by atoms with Crippen LogP contribution in [0.3, 0.4) is 0 Å². The van der Waals surface area contributed by atoms with E-state index in [1.165, 1.54) is 29.8 Å². The number of para-hydroxylation sites is 1. The number of carbonyl (C=O) groups excluding carboxylic acids is 4. The van der Waals surface area contributed by atoms with E-state index in [9.17, 15) is 28.0 Å². The summed E-state index contributed by atoms with van der Waals surface area (Å²) in [5, 5.41) is 12.8. The van der Waals surface area contributed by atoms with Gasteiger partial charge in [-0.3, -0.25) is 19.2 Å². The van der Waals surface area contributed by atoms with Crippen molar-refractivity contribution in [2.75, 3.05) is 5.32 Å². The fraction of sp³-hybridized carbons (Fsp3) is 0.176. The van der Waals surface area contributed by atoms with Gasteiger partial charge in [-0.1, -0.05) is 41.9 Å². The van der Waals surface area contributed by atoms with Crippen molar-refractivity contribution in [3.05, 3.63) is 128 Å². The van der Waals surface area contributed by atoms with Crippen LogP contribution in [-0.4, -0.2) is 38.1 Å². The normalized spacial score (nSPS) is 13.7. The number of carbonyl (C=O) groups is 4. The number of aromatic nitrogens is 3. The number of halogens is 3. The summed E-state index contributed by atoms with van der Waals surface area (Å²) in [5.41, 5.74) is 3.62. The van der Waals surface area contributed by atoms with Crippen LogP contribution >= 0.6 is 11.6 Å². The Morgan fingerprint density at radius 3 is 2.49 bits per heavy atom. The molecule has 0 aliphatic heterocycles. The molecule has 3 amide bonds. The molecule has 1 atom stereocenters. The van der Waals surface area contributed by atoms with Gasteiger partial charge < -0.3 is 16.0 Å². The minimum atomic E-state index is -1.06. The molecule has 10 nitrogen and oxygen atoms in total. The van der Waals surface area contributed by atoms with Gasteiger partial charge in [0.25, 0.3) is 17.7 Å². The lowest BCUT2D eigenvalue weighted by Crippen LogP contribution is -2.31. The molecule has 13 heteroatoms. The van der Waals surface area contributed by atoms with Gasteiger partial charge >= 0.3 is 0 Å². The van der Waals surface area contributed by atoms with Gasteiger partial charge in [-0.2, -0.15) is 5.10 Å². The van der Waals surface area contributed by atoms with Crippen LogP contribution in [0, 0.1) is 18.6 Å². The SMILES string of the molecule is CC(=O)c1ccc2c(c1C)CCC2NC(=O)c1cc(C(=O)NCc2ccc(F)c(F)c2)nc2c(C(=O)Nc3ccccc3Cl)cnn12. The molecule has 3 N–H and O–H groups in total. The number of amides is 3. The fourth-order valence-corrected chi connectivity index (χ4v) is 5.90. The van der Waals surface area contributed by atoms with E-state index in [1.54, 1.807) is 30.3 Å². The number of nitrogens with one attached hydrogen (secondary N) is 3. The second-order valence-electron chi connectivity index (χ2n) is 11.1.